The number of hydrogen-bond acceptors (Lipinski definition) is 8. The first kappa shape index (κ1) is 32.2. The molecule has 0 aliphatic carbocycles. The number of phenolic OH excluding ortho intramolecular Hbond substituents is 1. The Bertz CT molecular complexity index is 1110. The average molecular weight is 558 g/mol. The molecule has 2 aromatic carbocycles. The molecule has 0 aromatic heterocycles. The second-order valence-corrected chi connectivity index (χ2v) is 9.64. The molecule has 218 valence electrons. The lowest BCUT2D eigenvalue weighted by Gasteiger charge is -2.26. The number of nitrogens with one attached hydrogen (secondary N) is 3. The topological polar surface area (TPSA) is 217 Å². The molecule has 5 unspecified atom stereocenters. The molecule has 0 aliphatic heterocycles. The normalized spacial score (nSPS) is 14.7. The predicted molar refractivity (Wildman–Crippen MR) is 148 cm³/mol. The summed E-state index contributed by atoms with van der Waals surface area (Å²) in [6, 6.07) is 9.82. The zero-order valence-electron chi connectivity index (χ0n) is 22.5. The summed E-state index contributed by atoms with van der Waals surface area (Å²) >= 11 is 0. The van der Waals surface area contributed by atoms with Crippen LogP contribution in [0.2, 0.25) is 0 Å². The highest BCUT2D eigenvalue weighted by molar-refractivity contribution is 5.94. The summed E-state index contributed by atoms with van der Waals surface area (Å²) in [5.74, 6) is -3.54. The Morgan fingerprint density at radius 1 is 0.800 bits per heavy atom. The summed E-state index contributed by atoms with van der Waals surface area (Å²) < 4.78 is 0. The van der Waals surface area contributed by atoms with Gasteiger partial charge in [-0.15, -0.1) is 0 Å². The van der Waals surface area contributed by atoms with Gasteiger partial charge in [0, 0.05) is 12.8 Å². The van der Waals surface area contributed by atoms with Gasteiger partial charge in [-0.25, -0.2) is 4.79 Å². The summed E-state index contributed by atoms with van der Waals surface area (Å²) in [5.41, 5.74) is 12.8. The third kappa shape index (κ3) is 10.6. The van der Waals surface area contributed by atoms with Gasteiger partial charge in [0.2, 0.25) is 17.7 Å². The van der Waals surface area contributed by atoms with Crippen LogP contribution < -0.4 is 27.4 Å². The number of aliphatic hydroxyl groups is 1. The van der Waals surface area contributed by atoms with E-state index in [1.807, 2.05) is 0 Å². The highest BCUT2D eigenvalue weighted by Crippen LogP contribution is 2.12. The van der Waals surface area contributed by atoms with Gasteiger partial charge in [0.05, 0.1) is 12.1 Å². The first-order valence-corrected chi connectivity index (χ1v) is 13.1. The quantitative estimate of drug-likeness (QED) is 0.125. The molecular formula is C28H39N5O7. The molecule has 40 heavy (non-hydrogen) atoms. The van der Waals surface area contributed by atoms with Crippen LogP contribution in [-0.4, -0.2) is 75.8 Å². The molecule has 0 saturated carbocycles. The summed E-state index contributed by atoms with van der Waals surface area (Å²) in [6.45, 7) is 1.74. The first-order valence-electron chi connectivity index (χ1n) is 13.1. The molecular weight excluding hydrogens is 518 g/mol. The molecule has 0 bridgehead atoms. The third-order valence-corrected chi connectivity index (χ3v) is 6.28. The van der Waals surface area contributed by atoms with Gasteiger partial charge in [-0.2, -0.15) is 0 Å². The summed E-state index contributed by atoms with van der Waals surface area (Å²) in [5, 5.41) is 36.8. The van der Waals surface area contributed by atoms with E-state index in [1.54, 1.807) is 30.3 Å². The molecule has 12 heteroatoms. The van der Waals surface area contributed by atoms with Gasteiger partial charge in [0.15, 0.2) is 0 Å². The van der Waals surface area contributed by atoms with Crippen molar-refractivity contribution in [1.82, 2.24) is 16.0 Å². The summed E-state index contributed by atoms with van der Waals surface area (Å²) in [7, 11) is 0. The van der Waals surface area contributed by atoms with E-state index in [0.29, 0.717) is 31.4 Å². The highest BCUT2D eigenvalue weighted by Gasteiger charge is 2.33. The number of carboxylic acid groups (broad SMARTS) is 1. The molecule has 3 amide bonds. The van der Waals surface area contributed by atoms with Crippen LogP contribution in [0.1, 0.15) is 37.3 Å². The highest BCUT2D eigenvalue weighted by atomic mass is 16.4. The Hall–Kier alpha value is -4.00. The zero-order valence-corrected chi connectivity index (χ0v) is 22.5. The number of rotatable bonds is 16. The Labute approximate surface area is 233 Å². The van der Waals surface area contributed by atoms with Gasteiger partial charge >= 0.3 is 5.97 Å². The standard InChI is InChI=1S/C28H39N5O7/c1-17(34)24(27(38)32-23(28(39)40)16-19-10-12-20(35)13-11-19)33-26(37)22(15-18-7-3-2-4-8-18)31-25(36)21(30)9-5-6-14-29/h2-4,7-8,10-13,17,21-24,34-35H,5-6,9,14-16,29-30H2,1H3,(H,31,36)(H,32,38)(H,33,37)(H,39,40). The minimum absolute atomic E-state index is 0.00482. The number of aromatic hydroxyl groups is 1. The predicted octanol–water partition coefficient (Wildman–Crippen LogP) is -0.446. The van der Waals surface area contributed by atoms with Gasteiger partial charge in [0.25, 0.3) is 0 Å². The van der Waals surface area contributed by atoms with Crippen molar-refractivity contribution < 1.29 is 34.5 Å². The van der Waals surface area contributed by atoms with Crippen molar-refractivity contribution in [1.29, 1.82) is 0 Å². The van der Waals surface area contributed by atoms with E-state index in [0.717, 1.165) is 5.56 Å². The number of carboxylic acids is 1. The van der Waals surface area contributed by atoms with E-state index in [9.17, 15) is 34.5 Å². The Kier molecular flexibility index (Phi) is 13.0. The lowest BCUT2D eigenvalue weighted by molar-refractivity contribution is -0.143. The van der Waals surface area contributed by atoms with Crippen molar-refractivity contribution >= 4 is 23.7 Å². The number of nitrogens with two attached hydrogens (primary N) is 2. The second kappa shape index (κ2) is 16.2. The Morgan fingerprint density at radius 3 is 1.95 bits per heavy atom. The third-order valence-electron chi connectivity index (χ3n) is 6.28. The number of aliphatic carboxylic acids is 1. The van der Waals surface area contributed by atoms with Crippen molar-refractivity contribution in [3.63, 3.8) is 0 Å². The van der Waals surface area contributed by atoms with Crippen LogP contribution in [0.25, 0.3) is 0 Å². The van der Waals surface area contributed by atoms with Crippen molar-refractivity contribution in [2.24, 2.45) is 11.5 Å². The van der Waals surface area contributed by atoms with Gasteiger partial charge in [0.1, 0.15) is 23.9 Å². The number of hydrogen-bond donors (Lipinski definition) is 8. The molecule has 2 aromatic rings. The Morgan fingerprint density at radius 2 is 1.38 bits per heavy atom. The maximum atomic E-state index is 13.3. The lowest BCUT2D eigenvalue weighted by Crippen LogP contribution is -2.60. The number of carbonyl (C=O) groups excluding carboxylic acids is 3. The largest absolute Gasteiger partial charge is 0.508 e. The molecule has 0 saturated heterocycles. The maximum Gasteiger partial charge on any atom is 0.326 e. The van der Waals surface area contributed by atoms with Gasteiger partial charge in [-0.3, -0.25) is 14.4 Å². The molecule has 10 N–H and O–H groups in total. The van der Waals surface area contributed by atoms with Crippen LogP contribution >= 0.6 is 0 Å². The molecule has 0 spiro atoms. The molecule has 0 aliphatic rings. The van der Waals surface area contributed by atoms with E-state index < -0.39 is 54.0 Å². The van der Waals surface area contributed by atoms with E-state index in [-0.39, 0.29) is 18.6 Å². The van der Waals surface area contributed by atoms with Crippen molar-refractivity contribution in [2.75, 3.05) is 6.54 Å². The minimum atomic E-state index is -1.51. The first-order chi connectivity index (χ1) is 19.0. The fourth-order valence-electron chi connectivity index (χ4n) is 3.97. The van der Waals surface area contributed by atoms with E-state index >= 15 is 0 Å². The minimum Gasteiger partial charge on any atom is -0.508 e. The number of aliphatic hydroxyl groups excluding tert-OH is 1. The van der Waals surface area contributed by atoms with Crippen LogP contribution in [0.4, 0.5) is 0 Å². The fourth-order valence-corrected chi connectivity index (χ4v) is 3.97. The van der Waals surface area contributed by atoms with Crippen molar-refractivity contribution in [3.8, 4) is 5.75 Å². The van der Waals surface area contributed by atoms with Crippen LogP contribution in [0.15, 0.2) is 54.6 Å². The number of amides is 3. The Balaban J connectivity index is 2.16. The van der Waals surface area contributed by atoms with Gasteiger partial charge < -0.3 is 42.7 Å². The number of unbranched alkanes of at least 4 members (excludes halogenated alkanes) is 1. The van der Waals surface area contributed by atoms with E-state index in [4.69, 9.17) is 11.5 Å². The molecule has 5 atom stereocenters. The maximum absolute atomic E-state index is 13.3. The van der Waals surface area contributed by atoms with Crippen LogP contribution in [0.3, 0.4) is 0 Å². The lowest BCUT2D eigenvalue weighted by atomic mass is 10.0. The SMILES string of the molecule is CC(O)C(NC(=O)C(Cc1ccccc1)NC(=O)C(N)CCCCN)C(=O)NC(Cc1ccc(O)cc1)C(=O)O. The molecule has 0 radical (unpaired) electrons. The van der Waals surface area contributed by atoms with Crippen LogP contribution in [0, 0.1) is 0 Å². The second-order valence-electron chi connectivity index (χ2n) is 9.64. The van der Waals surface area contributed by atoms with Crippen molar-refractivity contribution in [2.45, 2.75) is 69.3 Å². The zero-order chi connectivity index (χ0) is 29.7. The average Bonchev–Trinajstić information content (AvgIpc) is 2.92. The molecule has 0 heterocycles. The molecule has 0 fully saturated rings. The summed E-state index contributed by atoms with van der Waals surface area (Å²) in [4.78, 5) is 50.9. The number of carbonyl (C=O) groups is 4. The number of phenols is 1. The van der Waals surface area contributed by atoms with Gasteiger partial charge in [-0.1, -0.05) is 48.9 Å². The van der Waals surface area contributed by atoms with Crippen LogP contribution in [-0.2, 0) is 32.0 Å². The molecule has 12 nitrogen and oxygen atoms in total. The monoisotopic (exact) mass is 557 g/mol. The molecule has 2 rings (SSSR count). The fraction of sp³-hybridized carbons (Fsp3) is 0.429. The van der Waals surface area contributed by atoms with Gasteiger partial charge in [-0.05, 0) is 49.6 Å². The van der Waals surface area contributed by atoms with E-state index in [1.165, 1.54) is 31.2 Å². The number of benzene rings is 2. The smallest absolute Gasteiger partial charge is 0.326 e. The van der Waals surface area contributed by atoms with Crippen LogP contribution in [0.5, 0.6) is 5.75 Å². The van der Waals surface area contributed by atoms with E-state index in [2.05, 4.69) is 16.0 Å². The van der Waals surface area contributed by atoms with Crippen molar-refractivity contribution in [3.05, 3.63) is 65.7 Å². The summed E-state index contributed by atoms with van der Waals surface area (Å²) in [6.07, 6.45) is 0.305.